The van der Waals surface area contributed by atoms with Gasteiger partial charge in [0.15, 0.2) is 0 Å². The molecule has 16 heavy (non-hydrogen) atoms. The smallest absolute Gasteiger partial charge is 0.253 e. The van der Waals surface area contributed by atoms with Crippen molar-refractivity contribution < 1.29 is 9.18 Å². The molecule has 4 heteroatoms. The zero-order valence-electron chi connectivity index (χ0n) is 9.46. The number of hydrogen-bond acceptors (Lipinski definition) is 1. The van der Waals surface area contributed by atoms with Crippen molar-refractivity contribution in [2.45, 2.75) is 13.8 Å². The van der Waals surface area contributed by atoms with Crippen molar-refractivity contribution in [3.8, 4) is 0 Å². The van der Waals surface area contributed by atoms with Gasteiger partial charge in [-0.25, -0.2) is 4.39 Å². The molecule has 1 amide bonds. The maximum atomic E-state index is 13.0. The quantitative estimate of drug-likeness (QED) is 0.745. The SMILES string of the molecule is CCN(CCCl)C(=O)c1ccc(F)c(C)c1. The van der Waals surface area contributed by atoms with Gasteiger partial charge >= 0.3 is 0 Å². The van der Waals surface area contributed by atoms with E-state index in [2.05, 4.69) is 0 Å². The van der Waals surface area contributed by atoms with E-state index in [0.29, 0.717) is 30.1 Å². The van der Waals surface area contributed by atoms with E-state index < -0.39 is 0 Å². The van der Waals surface area contributed by atoms with Crippen LogP contribution >= 0.6 is 11.6 Å². The summed E-state index contributed by atoms with van der Waals surface area (Å²) in [5.41, 5.74) is 0.985. The fraction of sp³-hybridized carbons (Fsp3) is 0.417. The molecule has 0 spiro atoms. The molecule has 0 bridgehead atoms. The Morgan fingerprint density at radius 2 is 2.19 bits per heavy atom. The fourth-order valence-corrected chi connectivity index (χ4v) is 1.67. The summed E-state index contributed by atoms with van der Waals surface area (Å²) in [4.78, 5) is 13.6. The summed E-state index contributed by atoms with van der Waals surface area (Å²) in [5, 5.41) is 0. The van der Waals surface area contributed by atoms with Crippen LogP contribution in [0, 0.1) is 12.7 Å². The number of alkyl halides is 1. The number of halogens is 2. The highest BCUT2D eigenvalue weighted by Gasteiger charge is 2.14. The molecule has 0 heterocycles. The minimum absolute atomic E-state index is 0.105. The first kappa shape index (κ1) is 13.0. The molecule has 0 aliphatic heterocycles. The second kappa shape index (κ2) is 5.85. The molecule has 1 aromatic rings. The number of benzene rings is 1. The third-order valence-electron chi connectivity index (χ3n) is 2.43. The molecular weight excluding hydrogens is 229 g/mol. The molecule has 0 aromatic heterocycles. The molecule has 0 radical (unpaired) electrons. The highest BCUT2D eigenvalue weighted by molar-refractivity contribution is 6.18. The minimum atomic E-state index is -0.294. The Labute approximate surface area is 100 Å². The molecule has 0 aliphatic carbocycles. The van der Waals surface area contributed by atoms with Crippen LogP contribution in [0.3, 0.4) is 0 Å². The Hall–Kier alpha value is -1.09. The molecule has 0 saturated heterocycles. The first-order valence-electron chi connectivity index (χ1n) is 5.21. The van der Waals surface area contributed by atoms with Crippen molar-refractivity contribution in [3.63, 3.8) is 0 Å². The number of aryl methyl sites for hydroxylation is 1. The van der Waals surface area contributed by atoms with Gasteiger partial charge in [0.1, 0.15) is 5.82 Å². The Bertz CT molecular complexity index is 381. The van der Waals surface area contributed by atoms with Crippen molar-refractivity contribution in [2.24, 2.45) is 0 Å². The number of hydrogen-bond donors (Lipinski definition) is 0. The van der Waals surface area contributed by atoms with Crippen molar-refractivity contribution in [3.05, 3.63) is 35.1 Å². The molecule has 1 aromatic carbocycles. The van der Waals surface area contributed by atoms with Gasteiger partial charge in [-0.05, 0) is 37.6 Å². The zero-order valence-corrected chi connectivity index (χ0v) is 10.2. The Morgan fingerprint density at radius 1 is 1.50 bits per heavy atom. The van der Waals surface area contributed by atoms with Crippen LogP contribution in [0.5, 0.6) is 0 Å². The van der Waals surface area contributed by atoms with Crippen molar-refractivity contribution in [1.82, 2.24) is 4.90 Å². The van der Waals surface area contributed by atoms with E-state index in [-0.39, 0.29) is 11.7 Å². The van der Waals surface area contributed by atoms with Crippen molar-refractivity contribution in [2.75, 3.05) is 19.0 Å². The molecule has 0 N–H and O–H groups in total. The second-order valence-corrected chi connectivity index (χ2v) is 3.92. The Balaban J connectivity index is 2.90. The van der Waals surface area contributed by atoms with E-state index in [1.165, 1.54) is 12.1 Å². The summed E-state index contributed by atoms with van der Waals surface area (Å²) in [6.07, 6.45) is 0. The standard InChI is InChI=1S/C12H15ClFNO/c1-3-15(7-6-13)12(16)10-4-5-11(14)9(2)8-10/h4-5,8H,3,6-7H2,1-2H3. The summed E-state index contributed by atoms with van der Waals surface area (Å²) >= 11 is 5.61. The van der Waals surface area contributed by atoms with Gasteiger partial charge in [-0.15, -0.1) is 11.6 Å². The van der Waals surface area contributed by atoms with E-state index in [9.17, 15) is 9.18 Å². The Morgan fingerprint density at radius 3 is 2.69 bits per heavy atom. The fourth-order valence-electron chi connectivity index (χ4n) is 1.47. The third-order valence-corrected chi connectivity index (χ3v) is 2.60. The zero-order chi connectivity index (χ0) is 12.1. The summed E-state index contributed by atoms with van der Waals surface area (Å²) in [6, 6.07) is 4.38. The average Bonchev–Trinajstić information content (AvgIpc) is 2.28. The van der Waals surface area contributed by atoms with E-state index >= 15 is 0 Å². The number of nitrogens with zero attached hydrogens (tertiary/aromatic N) is 1. The van der Waals surface area contributed by atoms with Crippen LogP contribution in [0.4, 0.5) is 4.39 Å². The molecule has 88 valence electrons. The molecular formula is C12H15ClFNO. The Kier molecular flexibility index (Phi) is 4.74. The minimum Gasteiger partial charge on any atom is -0.338 e. The van der Waals surface area contributed by atoms with Crippen LogP contribution in [0.15, 0.2) is 18.2 Å². The normalized spacial score (nSPS) is 10.2. The molecule has 0 aliphatic rings. The monoisotopic (exact) mass is 243 g/mol. The maximum Gasteiger partial charge on any atom is 0.253 e. The lowest BCUT2D eigenvalue weighted by molar-refractivity contribution is 0.0774. The van der Waals surface area contributed by atoms with Crippen LogP contribution in [-0.2, 0) is 0 Å². The highest BCUT2D eigenvalue weighted by atomic mass is 35.5. The summed E-state index contributed by atoms with van der Waals surface area (Å²) in [5.74, 6) is 0.00271. The van der Waals surface area contributed by atoms with Gasteiger partial charge in [-0.2, -0.15) is 0 Å². The van der Waals surface area contributed by atoms with E-state index in [1.54, 1.807) is 17.9 Å². The molecule has 0 fully saturated rings. The van der Waals surface area contributed by atoms with E-state index in [0.717, 1.165) is 0 Å². The van der Waals surface area contributed by atoms with E-state index in [4.69, 9.17) is 11.6 Å². The first-order valence-corrected chi connectivity index (χ1v) is 5.75. The van der Waals surface area contributed by atoms with Crippen LogP contribution in [-0.4, -0.2) is 29.8 Å². The van der Waals surface area contributed by atoms with Crippen LogP contribution < -0.4 is 0 Å². The largest absolute Gasteiger partial charge is 0.338 e. The van der Waals surface area contributed by atoms with Crippen molar-refractivity contribution >= 4 is 17.5 Å². The van der Waals surface area contributed by atoms with Gasteiger partial charge < -0.3 is 4.90 Å². The van der Waals surface area contributed by atoms with Gasteiger partial charge in [0.25, 0.3) is 5.91 Å². The second-order valence-electron chi connectivity index (χ2n) is 3.54. The van der Waals surface area contributed by atoms with Crippen LogP contribution in [0.1, 0.15) is 22.8 Å². The molecule has 0 atom stereocenters. The lowest BCUT2D eigenvalue weighted by Gasteiger charge is -2.19. The molecule has 0 saturated carbocycles. The van der Waals surface area contributed by atoms with Gasteiger partial charge in [-0.1, -0.05) is 0 Å². The number of amides is 1. The first-order chi connectivity index (χ1) is 7.60. The topological polar surface area (TPSA) is 20.3 Å². The van der Waals surface area contributed by atoms with E-state index in [1.807, 2.05) is 6.92 Å². The summed E-state index contributed by atoms with van der Waals surface area (Å²) in [6.45, 7) is 4.64. The molecule has 2 nitrogen and oxygen atoms in total. The van der Waals surface area contributed by atoms with Gasteiger partial charge in [0.2, 0.25) is 0 Å². The number of rotatable bonds is 4. The molecule has 1 rings (SSSR count). The van der Waals surface area contributed by atoms with Gasteiger partial charge in [-0.3, -0.25) is 4.79 Å². The van der Waals surface area contributed by atoms with Gasteiger partial charge in [0, 0.05) is 24.5 Å². The predicted octanol–water partition coefficient (Wildman–Crippen LogP) is 2.84. The maximum absolute atomic E-state index is 13.0. The molecule has 0 unspecified atom stereocenters. The highest BCUT2D eigenvalue weighted by Crippen LogP contribution is 2.11. The number of carbonyl (C=O) groups is 1. The summed E-state index contributed by atoms with van der Waals surface area (Å²) in [7, 11) is 0. The predicted molar refractivity (Wildman–Crippen MR) is 63.4 cm³/mol. The lowest BCUT2D eigenvalue weighted by atomic mass is 10.1. The van der Waals surface area contributed by atoms with Crippen LogP contribution in [0.2, 0.25) is 0 Å². The van der Waals surface area contributed by atoms with Crippen LogP contribution in [0.25, 0.3) is 0 Å². The number of carbonyl (C=O) groups excluding carboxylic acids is 1. The average molecular weight is 244 g/mol. The lowest BCUT2D eigenvalue weighted by Crippen LogP contribution is -2.32. The summed E-state index contributed by atoms with van der Waals surface area (Å²) < 4.78 is 13.0. The van der Waals surface area contributed by atoms with Gasteiger partial charge in [0.05, 0.1) is 0 Å². The van der Waals surface area contributed by atoms with Crippen molar-refractivity contribution in [1.29, 1.82) is 0 Å². The third kappa shape index (κ3) is 2.95.